The normalized spacial score (nSPS) is 9.86. The Labute approximate surface area is 80.5 Å². The molecule has 0 atom stereocenters. The molecule has 0 bridgehead atoms. The van der Waals surface area contributed by atoms with Crippen molar-refractivity contribution in [3.63, 3.8) is 0 Å². The van der Waals surface area contributed by atoms with Crippen LogP contribution >= 0.6 is 0 Å². The summed E-state index contributed by atoms with van der Waals surface area (Å²) in [5.41, 5.74) is 0.545. The number of nitro benzene ring substituents is 1. The number of hydrogen-bond donors (Lipinski definition) is 0. The molecule has 0 saturated carbocycles. The van der Waals surface area contributed by atoms with Gasteiger partial charge < -0.3 is 4.74 Å². The van der Waals surface area contributed by atoms with E-state index in [2.05, 4.69) is 0 Å². The van der Waals surface area contributed by atoms with Gasteiger partial charge in [0.25, 0.3) is 5.69 Å². The molecule has 0 aliphatic heterocycles. The minimum Gasteiger partial charge on any atom is -0.491 e. The van der Waals surface area contributed by atoms with E-state index in [9.17, 15) is 14.5 Å². The maximum absolute atomic E-state index is 11.8. The maximum Gasteiger partial charge on any atom is 0.272 e. The smallest absolute Gasteiger partial charge is 0.272 e. The standard InChI is InChI=1S/C9H10FNO3/c1-7-6-8(14-5-4-10)2-3-9(7)11(12)13/h2-3,6H,4-5H2,1H3. The van der Waals surface area contributed by atoms with Crippen molar-refractivity contribution in [3.05, 3.63) is 33.9 Å². The van der Waals surface area contributed by atoms with Gasteiger partial charge in [-0.05, 0) is 19.1 Å². The SMILES string of the molecule is Cc1cc(OCCF)ccc1[N+](=O)[O-]. The first-order valence-corrected chi connectivity index (χ1v) is 4.09. The van der Waals surface area contributed by atoms with E-state index in [1.165, 1.54) is 18.2 Å². The average molecular weight is 199 g/mol. The van der Waals surface area contributed by atoms with Crippen LogP contribution in [0.5, 0.6) is 5.75 Å². The van der Waals surface area contributed by atoms with E-state index in [1.54, 1.807) is 6.92 Å². The zero-order valence-electron chi connectivity index (χ0n) is 7.70. The monoisotopic (exact) mass is 199 g/mol. The van der Waals surface area contributed by atoms with Crippen LogP contribution in [0.2, 0.25) is 0 Å². The highest BCUT2D eigenvalue weighted by Gasteiger charge is 2.10. The topological polar surface area (TPSA) is 52.4 Å². The number of aryl methyl sites for hydroxylation is 1. The molecule has 0 spiro atoms. The van der Waals surface area contributed by atoms with E-state index in [-0.39, 0.29) is 12.3 Å². The first-order chi connectivity index (χ1) is 6.65. The van der Waals surface area contributed by atoms with Gasteiger partial charge in [0.1, 0.15) is 19.0 Å². The molecular formula is C9H10FNO3. The van der Waals surface area contributed by atoms with Gasteiger partial charge in [0.05, 0.1) is 4.92 Å². The lowest BCUT2D eigenvalue weighted by Crippen LogP contribution is -1.99. The molecule has 1 aromatic rings. The summed E-state index contributed by atoms with van der Waals surface area (Å²) < 4.78 is 16.7. The van der Waals surface area contributed by atoms with Crippen LogP contribution in [0, 0.1) is 17.0 Å². The Balaban J connectivity index is 2.83. The van der Waals surface area contributed by atoms with Gasteiger partial charge >= 0.3 is 0 Å². The summed E-state index contributed by atoms with van der Waals surface area (Å²) in [6.07, 6.45) is 0. The molecule has 14 heavy (non-hydrogen) atoms. The van der Waals surface area contributed by atoms with Crippen molar-refractivity contribution in [1.29, 1.82) is 0 Å². The second-order valence-corrected chi connectivity index (χ2v) is 2.74. The first-order valence-electron chi connectivity index (χ1n) is 4.09. The number of hydrogen-bond acceptors (Lipinski definition) is 3. The number of halogens is 1. The summed E-state index contributed by atoms with van der Waals surface area (Å²) in [6.45, 7) is 1.01. The Morgan fingerprint density at radius 2 is 2.29 bits per heavy atom. The van der Waals surface area contributed by atoms with E-state index in [0.717, 1.165) is 0 Å². The van der Waals surface area contributed by atoms with Crippen LogP contribution in [0.15, 0.2) is 18.2 Å². The summed E-state index contributed by atoms with van der Waals surface area (Å²) >= 11 is 0. The average Bonchev–Trinajstić information content (AvgIpc) is 2.14. The fourth-order valence-electron chi connectivity index (χ4n) is 1.08. The highest BCUT2D eigenvalue weighted by atomic mass is 19.1. The molecule has 0 radical (unpaired) electrons. The van der Waals surface area contributed by atoms with E-state index >= 15 is 0 Å². The van der Waals surface area contributed by atoms with Crippen LogP contribution in [0.25, 0.3) is 0 Å². The zero-order valence-corrected chi connectivity index (χ0v) is 7.70. The third-order valence-electron chi connectivity index (χ3n) is 1.71. The fraction of sp³-hybridized carbons (Fsp3) is 0.333. The third kappa shape index (κ3) is 2.42. The number of rotatable bonds is 4. The lowest BCUT2D eigenvalue weighted by molar-refractivity contribution is -0.385. The zero-order chi connectivity index (χ0) is 10.6. The van der Waals surface area contributed by atoms with Gasteiger partial charge in [-0.25, -0.2) is 4.39 Å². The molecule has 4 nitrogen and oxygen atoms in total. The lowest BCUT2D eigenvalue weighted by Gasteiger charge is -2.04. The highest BCUT2D eigenvalue weighted by molar-refractivity contribution is 5.44. The second kappa shape index (κ2) is 4.55. The van der Waals surface area contributed by atoms with Gasteiger partial charge in [-0.1, -0.05) is 0 Å². The lowest BCUT2D eigenvalue weighted by atomic mass is 10.2. The summed E-state index contributed by atoms with van der Waals surface area (Å²) in [7, 11) is 0. The van der Waals surface area contributed by atoms with Gasteiger partial charge in [0.2, 0.25) is 0 Å². The van der Waals surface area contributed by atoms with E-state index in [4.69, 9.17) is 4.74 Å². The Kier molecular flexibility index (Phi) is 3.39. The van der Waals surface area contributed by atoms with Crippen LogP contribution in [0.1, 0.15) is 5.56 Å². The largest absolute Gasteiger partial charge is 0.491 e. The van der Waals surface area contributed by atoms with Gasteiger partial charge in [-0.3, -0.25) is 10.1 Å². The Hall–Kier alpha value is -1.65. The van der Waals surface area contributed by atoms with Crippen molar-refractivity contribution in [3.8, 4) is 5.75 Å². The van der Waals surface area contributed by atoms with E-state index in [1.807, 2.05) is 0 Å². The number of nitrogens with zero attached hydrogens (tertiary/aromatic N) is 1. The Morgan fingerprint density at radius 1 is 1.57 bits per heavy atom. The second-order valence-electron chi connectivity index (χ2n) is 2.74. The molecule has 1 aromatic carbocycles. The van der Waals surface area contributed by atoms with Crippen LogP contribution in [-0.2, 0) is 0 Å². The molecule has 0 heterocycles. The number of nitro groups is 1. The molecule has 0 aliphatic rings. The van der Waals surface area contributed by atoms with Crippen molar-refractivity contribution >= 4 is 5.69 Å². The van der Waals surface area contributed by atoms with E-state index < -0.39 is 11.6 Å². The molecule has 5 heteroatoms. The summed E-state index contributed by atoms with van der Waals surface area (Å²) in [4.78, 5) is 9.99. The molecule has 0 N–H and O–H groups in total. The Bertz CT molecular complexity index is 341. The number of benzene rings is 1. The van der Waals surface area contributed by atoms with Gasteiger partial charge in [-0.2, -0.15) is 0 Å². The van der Waals surface area contributed by atoms with Crippen molar-refractivity contribution in [1.82, 2.24) is 0 Å². The van der Waals surface area contributed by atoms with Gasteiger partial charge in [-0.15, -0.1) is 0 Å². The predicted molar refractivity (Wildman–Crippen MR) is 49.3 cm³/mol. The molecule has 0 aromatic heterocycles. The molecule has 0 unspecified atom stereocenters. The van der Waals surface area contributed by atoms with Crippen molar-refractivity contribution < 1.29 is 14.1 Å². The molecule has 76 valence electrons. The summed E-state index contributed by atoms with van der Waals surface area (Å²) in [6, 6.07) is 4.33. The number of alkyl halides is 1. The van der Waals surface area contributed by atoms with E-state index in [0.29, 0.717) is 11.3 Å². The molecule has 0 aliphatic carbocycles. The van der Waals surface area contributed by atoms with Crippen molar-refractivity contribution in [2.24, 2.45) is 0 Å². The van der Waals surface area contributed by atoms with Crippen molar-refractivity contribution in [2.75, 3.05) is 13.3 Å². The fourth-order valence-corrected chi connectivity index (χ4v) is 1.08. The molecule has 0 saturated heterocycles. The summed E-state index contributed by atoms with van der Waals surface area (Å²) in [5, 5.41) is 10.5. The highest BCUT2D eigenvalue weighted by Crippen LogP contribution is 2.22. The molecule has 1 rings (SSSR count). The first kappa shape index (κ1) is 10.4. The van der Waals surface area contributed by atoms with Crippen LogP contribution in [-0.4, -0.2) is 18.2 Å². The third-order valence-corrected chi connectivity index (χ3v) is 1.71. The minimum absolute atomic E-state index is 0.0305. The maximum atomic E-state index is 11.8. The molecule has 0 fully saturated rings. The predicted octanol–water partition coefficient (Wildman–Crippen LogP) is 2.25. The van der Waals surface area contributed by atoms with Crippen LogP contribution in [0.4, 0.5) is 10.1 Å². The summed E-state index contributed by atoms with van der Waals surface area (Å²) in [5.74, 6) is 0.450. The Morgan fingerprint density at radius 3 is 2.79 bits per heavy atom. The van der Waals surface area contributed by atoms with Crippen LogP contribution in [0.3, 0.4) is 0 Å². The quantitative estimate of drug-likeness (QED) is 0.552. The molecule has 0 amide bonds. The minimum atomic E-state index is -0.573. The number of ether oxygens (including phenoxy) is 1. The molecular weight excluding hydrogens is 189 g/mol. The van der Waals surface area contributed by atoms with Crippen molar-refractivity contribution in [2.45, 2.75) is 6.92 Å². The van der Waals surface area contributed by atoms with Gasteiger partial charge in [0.15, 0.2) is 0 Å². The van der Waals surface area contributed by atoms with Crippen LogP contribution < -0.4 is 4.74 Å². The van der Waals surface area contributed by atoms with Gasteiger partial charge in [0, 0.05) is 11.6 Å².